The van der Waals surface area contributed by atoms with Gasteiger partial charge in [0, 0.05) is 39.3 Å². The Morgan fingerprint density at radius 1 is 1.11 bits per heavy atom. The summed E-state index contributed by atoms with van der Waals surface area (Å²) in [5, 5.41) is 8.99. The smallest absolute Gasteiger partial charge is 0.117 e. The van der Waals surface area contributed by atoms with Gasteiger partial charge in [-0.2, -0.15) is 5.26 Å². The molecular weight excluding hydrogens is 348 g/mol. The molecular formula is C23H32N4O. The molecule has 5 heteroatoms. The van der Waals surface area contributed by atoms with Gasteiger partial charge in [0.2, 0.25) is 0 Å². The lowest BCUT2D eigenvalue weighted by atomic mass is 9.85. The standard InChI is InChI=1S/C23H32N4O/c1-4-21-19(17-27-14-12-26(3)13-15-27)8-11-22(23(21)28-5-2)25-20-9-6-18(16-24)7-10-20/h6-7,9-10,23H,4-5,8,11-15,17H2,1-3H3. The van der Waals surface area contributed by atoms with Gasteiger partial charge in [-0.3, -0.25) is 9.89 Å². The second-order valence-electron chi connectivity index (χ2n) is 7.66. The van der Waals surface area contributed by atoms with Gasteiger partial charge < -0.3 is 9.64 Å². The first-order valence-corrected chi connectivity index (χ1v) is 10.5. The molecule has 0 radical (unpaired) electrons. The average Bonchev–Trinajstić information content (AvgIpc) is 2.72. The van der Waals surface area contributed by atoms with E-state index in [1.54, 1.807) is 5.57 Å². The van der Waals surface area contributed by atoms with Gasteiger partial charge in [0.25, 0.3) is 0 Å². The van der Waals surface area contributed by atoms with Crippen LogP contribution in [0.2, 0.25) is 0 Å². The molecule has 1 aromatic carbocycles. The van der Waals surface area contributed by atoms with Gasteiger partial charge in [-0.25, -0.2) is 0 Å². The van der Waals surface area contributed by atoms with E-state index in [0.29, 0.717) is 12.2 Å². The minimum atomic E-state index is -0.0122. The van der Waals surface area contributed by atoms with E-state index in [1.165, 1.54) is 5.57 Å². The van der Waals surface area contributed by atoms with Crippen LogP contribution >= 0.6 is 0 Å². The Balaban J connectivity index is 1.81. The quantitative estimate of drug-likeness (QED) is 0.705. The summed E-state index contributed by atoms with van der Waals surface area (Å²) in [5.74, 6) is 0. The van der Waals surface area contributed by atoms with Crippen LogP contribution in [0.15, 0.2) is 40.4 Å². The van der Waals surface area contributed by atoms with E-state index in [2.05, 4.69) is 36.8 Å². The Bertz CT molecular complexity index is 752. The Hall–Kier alpha value is -2.00. The molecule has 0 saturated carbocycles. The number of benzene rings is 1. The molecule has 28 heavy (non-hydrogen) atoms. The van der Waals surface area contributed by atoms with Crippen molar-refractivity contribution in [3.8, 4) is 6.07 Å². The molecule has 0 aromatic heterocycles. The fourth-order valence-electron chi connectivity index (χ4n) is 4.10. The predicted octanol–water partition coefficient (Wildman–Crippen LogP) is 3.78. The Morgan fingerprint density at radius 2 is 1.82 bits per heavy atom. The van der Waals surface area contributed by atoms with Crippen molar-refractivity contribution in [2.75, 3.05) is 46.4 Å². The SMILES string of the molecule is CCOC1C(=Nc2ccc(C#N)cc2)CCC(CN2CCN(C)CC2)=C1CC. The van der Waals surface area contributed by atoms with Crippen LogP contribution in [-0.2, 0) is 4.74 Å². The molecule has 1 fully saturated rings. The second-order valence-corrected chi connectivity index (χ2v) is 7.66. The zero-order chi connectivity index (χ0) is 19.9. The summed E-state index contributed by atoms with van der Waals surface area (Å²) in [6.07, 6.45) is 2.99. The maximum atomic E-state index is 8.99. The number of nitriles is 1. The van der Waals surface area contributed by atoms with Crippen molar-refractivity contribution in [1.82, 2.24) is 9.80 Å². The zero-order valence-electron chi connectivity index (χ0n) is 17.4. The number of rotatable bonds is 6. The summed E-state index contributed by atoms with van der Waals surface area (Å²) in [6, 6.07) is 9.66. The summed E-state index contributed by atoms with van der Waals surface area (Å²) in [4.78, 5) is 9.89. The molecule has 1 saturated heterocycles. The minimum Gasteiger partial charge on any atom is -0.368 e. The summed E-state index contributed by atoms with van der Waals surface area (Å²) in [7, 11) is 2.20. The van der Waals surface area contributed by atoms with Gasteiger partial charge in [0.1, 0.15) is 6.10 Å². The highest BCUT2D eigenvalue weighted by atomic mass is 16.5. The zero-order valence-corrected chi connectivity index (χ0v) is 17.4. The number of piperazine rings is 1. The van der Waals surface area contributed by atoms with Crippen molar-refractivity contribution in [2.45, 2.75) is 39.2 Å². The molecule has 1 aliphatic carbocycles. The van der Waals surface area contributed by atoms with Crippen molar-refractivity contribution in [3.63, 3.8) is 0 Å². The predicted molar refractivity (Wildman–Crippen MR) is 114 cm³/mol. The Labute approximate surface area is 169 Å². The minimum absolute atomic E-state index is 0.0122. The van der Waals surface area contributed by atoms with Crippen LogP contribution in [0, 0.1) is 11.3 Å². The Kier molecular flexibility index (Phi) is 7.38. The molecule has 0 spiro atoms. The molecule has 1 atom stereocenters. The molecule has 0 amide bonds. The Morgan fingerprint density at radius 3 is 2.43 bits per heavy atom. The highest BCUT2D eigenvalue weighted by Gasteiger charge is 2.29. The highest BCUT2D eigenvalue weighted by Crippen LogP contribution is 2.30. The molecule has 0 bridgehead atoms. The molecule has 5 nitrogen and oxygen atoms in total. The first kappa shape index (κ1) is 20.7. The van der Waals surface area contributed by atoms with Gasteiger partial charge in [-0.1, -0.05) is 12.5 Å². The molecule has 150 valence electrons. The molecule has 0 N–H and O–H groups in total. The fraction of sp³-hybridized carbons (Fsp3) is 0.565. The van der Waals surface area contributed by atoms with Crippen molar-refractivity contribution in [1.29, 1.82) is 5.26 Å². The summed E-state index contributed by atoms with van der Waals surface area (Å²) < 4.78 is 6.18. The van der Waals surface area contributed by atoms with Gasteiger partial charge >= 0.3 is 0 Å². The first-order chi connectivity index (χ1) is 13.6. The number of hydrogen-bond acceptors (Lipinski definition) is 5. The van der Waals surface area contributed by atoms with Crippen molar-refractivity contribution >= 4 is 11.4 Å². The first-order valence-electron chi connectivity index (χ1n) is 10.5. The van der Waals surface area contributed by atoms with E-state index in [4.69, 9.17) is 15.0 Å². The van der Waals surface area contributed by atoms with Gasteiger partial charge in [-0.05, 0) is 63.1 Å². The van der Waals surface area contributed by atoms with Crippen LogP contribution in [0.5, 0.6) is 0 Å². The molecule has 1 aromatic rings. The molecule has 3 rings (SSSR count). The lowest BCUT2D eigenvalue weighted by Gasteiger charge is -2.36. The highest BCUT2D eigenvalue weighted by molar-refractivity contribution is 5.94. The van der Waals surface area contributed by atoms with Crippen LogP contribution in [-0.4, -0.2) is 68.0 Å². The second kappa shape index (κ2) is 9.97. The van der Waals surface area contributed by atoms with E-state index in [1.807, 2.05) is 24.3 Å². The summed E-state index contributed by atoms with van der Waals surface area (Å²) in [5.41, 5.74) is 5.64. The van der Waals surface area contributed by atoms with E-state index in [0.717, 1.165) is 63.4 Å². The largest absolute Gasteiger partial charge is 0.368 e. The van der Waals surface area contributed by atoms with E-state index in [9.17, 15) is 0 Å². The monoisotopic (exact) mass is 380 g/mol. The topological polar surface area (TPSA) is 51.9 Å². The normalized spacial score (nSPS) is 23.2. The van der Waals surface area contributed by atoms with E-state index < -0.39 is 0 Å². The third-order valence-electron chi connectivity index (χ3n) is 5.75. The van der Waals surface area contributed by atoms with Gasteiger partial charge in [0.05, 0.1) is 23.0 Å². The number of hydrogen-bond donors (Lipinski definition) is 0. The van der Waals surface area contributed by atoms with Crippen LogP contribution in [0.4, 0.5) is 5.69 Å². The third-order valence-corrected chi connectivity index (χ3v) is 5.75. The summed E-state index contributed by atoms with van der Waals surface area (Å²) >= 11 is 0. The van der Waals surface area contributed by atoms with Crippen LogP contribution < -0.4 is 0 Å². The molecule has 1 unspecified atom stereocenters. The maximum Gasteiger partial charge on any atom is 0.117 e. The average molecular weight is 381 g/mol. The fourth-order valence-corrected chi connectivity index (χ4v) is 4.10. The third kappa shape index (κ3) is 5.08. The number of ether oxygens (including phenoxy) is 1. The summed E-state index contributed by atoms with van der Waals surface area (Å²) in [6.45, 7) is 10.6. The van der Waals surface area contributed by atoms with Crippen LogP contribution in [0.25, 0.3) is 0 Å². The molecule has 1 aliphatic heterocycles. The van der Waals surface area contributed by atoms with Crippen LogP contribution in [0.3, 0.4) is 0 Å². The van der Waals surface area contributed by atoms with E-state index in [-0.39, 0.29) is 6.10 Å². The number of aliphatic imine (C=N–C) groups is 1. The van der Waals surface area contributed by atoms with Gasteiger partial charge in [0.15, 0.2) is 0 Å². The van der Waals surface area contributed by atoms with E-state index >= 15 is 0 Å². The number of likely N-dealkylation sites (N-methyl/N-ethyl adjacent to an activating group) is 1. The maximum absolute atomic E-state index is 8.99. The lowest BCUT2D eigenvalue weighted by molar-refractivity contribution is 0.124. The lowest BCUT2D eigenvalue weighted by Crippen LogP contribution is -2.45. The van der Waals surface area contributed by atoms with Crippen molar-refractivity contribution < 1.29 is 4.74 Å². The van der Waals surface area contributed by atoms with Crippen LogP contribution in [0.1, 0.15) is 38.7 Å². The number of nitrogens with zero attached hydrogens (tertiary/aromatic N) is 4. The van der Waals surface area contributed by atoms with Gasteiger partial charge in [-0.15, -0.1) is 0 Å². The molecule has 2 aliphatic rings. The molecule has 1 heterocycles. The van der Waals surface area contributed by atoms with Crippen molar-refractivity contribution in [2.24, 2.45) is 4.99 Å². The van der Waals surface area contributed by atoms with Crippen molar-refractivity contribution in [3.05, 3.63) is 41.0 Å².